The van der Waals surface area contributed by atoms with Gasteiger partial charge in [0, 0.05) is 18.2 Å². The van der Waals surface area contributed by atoms with E-state index < -0.39 is 0 Å². The van der Waals surface area contributed by atoms with E-state index in [0.29, 0.717) is 17.9 Å². The highest BCUT2D eigenvalue weighted by molar-refractivity contribution is 5.36. The number of aromatic nitrogens is 2. The SMILES string of the molecule is CCn1cncc1COc1ccc(F)cc1C(C)N. The van der Waals surface area contributed by atoms with Crippen molar-refractivity contribution in [2.24, 2.45) is 5.73 Å². The van der Waals surface area contributed by atoms with Crippen molar-refractivity contribution in [2.75, 3.05) is 0 Å². The van der Waals surface area contributed by atoms with Gasteiger partial charge in [0.2, 0.25) is 0 Å². The first kappa shape index (κ1) is 13.5. The van der Waals surface area contributed by atoms with E-state index in [2.05, 4.69) is 4.98 Å². The van der Waals surface area contributed by atoms with E-state index in [-0.39, 0.29) is 11.9 Å². The van der Waals surface area contributed by atoms with Crippen LogP contribution in [0.25, 0.3) is 0 Å². The van der Waals surface area contributed by atoms with Gasteiger partial charge in [-0.2, -0.15) is 0 Å². The molecule has 2 rings (SSSR count). The Morgan fingerprint density at radius 2 is 2.26 bits per heavy atom. The second-order valence-corrected chi connectivity index (χ2v) is 4.43. The van der Waals surface area contributed by atoms with Crippen molar-refractivity contribution in [2.45, 2.75) is 33.0 Å². The molecule has 4 nitrogen and oxygen atoms in total. The molecule has 0 amide bonds. The average Bonchev–Trinajstić information content (AvgIpc) is 2.84. The van der Waals surface area contributed by atoms with Crippen molar-refractivity contribution in [1.29, 1.82) is 0 Å². The molecule has 0 aliphatic carbocycles. The molecule has 0 saturated heterocycles. The molecule has 1 aromatic heterocycles. The van der Waals surface area contributed by atoms with Gasteiger partial charge < -0.3 is 15.0 Å². The Hall–Kier alpha value is -1.88. The summed E-state index contributed by atoms with van der Waals surface area (Å²) >= 11 is 0. The maximum Gasteiger partial charge on any atom is 0.130 e. The van der Waals surface area contributed by atoms with E-state index in [1.165, 1.54) is 12.1 Å². The Morgan fingerprint density at radius 3 is 2.95 bits per heavy atom. The van der Waals surface area contributed by atoms with Gasteiger partial charge in [0.05, 0.1) is 18.2 Å². The maximum absolute atomic E-state index is 13.2. The number of nitrogens with two attached hydrogens (primary N) is 1. The van der Waals surface area contributed by atoms with Crippen LogP contribution < -0.4 is 10.5 Å². The van der Waals surface area contributed by atoms with E-state index >= 15 is 0 Å². The fourth-order valence-electron chi connectivity index (χ4n) is 1.91. The number of aryl methyl sites for hydroxylation is 1. The van der Waals surface area contributed by atoms with Crippen molar-refractivity contribution in [3.8, 4) is 5.75 Å². The lowest BCUT2D eigenvalue weighted by atomic mass is 10.1. The summed E-state index contributed by atoms with van der Waals surface area (Å²) in [5.74, 6) is 0.304. The molecule has 1 unspecified atom stereocenters. The van der Waals surface area contributed by atoms with Gasteiger partial charge in [-0.3, -0.25) is 0 Å². The first-order valence-electron chi connectivity index (χ1n) is 6.28. The van der Waals surface area contributed by atoms with Gasteiger partial charge in [0.25, 0.3) is 0 Å². The van der Waals surface area contributed by atoms with Crippen molar-refractivity contribution < 1.29 is 9.13 Å². The Kier molecular flexibility index (Phi) is 4.16. The number of rotatable bonds is 5. The molecular formula is C14H18FN3O. The highest BCUT2D eigenvalue weighted by atomic mass is 19.1. The van der Waals surface area contributed by atoms with Crippen molar-refractivity contribution in [3.63, 3.8) is 0 Å². The number of imidazole rings is 1. The highest BCUT2D eigenvalue weighted by Gasteiger charge is 2.10. The van der Waals surface area contributed by atoms with Crippen molar-refractivity contribution in [1.82, 2.24) is 9.55 Å². The monoisotopic (exact) mass is 263 g/mol. The van der Waals surface area contributed by atoms with Crippen LogP contribution in [0.3, 0.4) is 0 Å². The van der Waals surface area contributed by atoms with Gasteiger partial charge in [-0.05, 0) is 32.0 Å². The Bertz CT molecular complexity index is 551. The third-order valence-corrected chi connectivity index (χ3v) is 2.98. The van der Waals surface area contributed by atoms with Crippen LogP contribution in [-0.4, -0.2) is 9.55 Å². The van der Waals surface area contributed by atoms with E-state index in [1.807, 2.05) is 11.5 Å². The van der Waals surface area contributed by atoms with E-state index in [9.17, 15) is 4.39 Å². The second-order valence-electron chi connectivity index (χ2n) is 4.43. The third-order valence-electron chi connectivity index (χ3n) is 2.98. The van der Waals surface area contributed by atoms with E-state index in [4.69, 9.17) is 10.5 Å². The fourth-order valence-corrected chi connectivity index (χ4v) is 1.91. The van der Waals surface area contributed by atoms with Crippen molar-refractivity contribution >= 4 is 0 Å². The highest BCUT2D eigenvalue weighted by Crippen LogP contribution is 2.25. The summed E-state index contributed by atoms with van der Waals surface area (Å²) in [7, 11) is 0. The Labute approximate surface area is 112 Å². The molecule has 5 heteroatoms. The number of benzene rings is 1. The van der Waals surface area contributed by atoms with Gasteiger partial charge in [-0.15, -0.1) is 0 Å². The molecule has 0 aliphatic rings. The van der Waals surface area contributed by atoms with Gasteiger partial charge in [-0.25, -0.2) is 9.37 Å². The smallest absolute Gasteiger partial charge is 0.130 e. The van der Waals surface area contributed by atoms with E-state index in [1.54, 1.807) is 25.5 Å². The van der Waals surface area contributed by atoms with Crippen LogP contribution >= 0.6 is 0 Å². The predicted molar refractivity (Wildman–Crippen MR) is 71.2 cm³/mol. The lowest BCUT2D eigenvalue weighted by molar-refractivity contribution is 0.290. The fraction of sp³-hybridized carbons (Fsp3) is 0.357. The van der Waals surface area contributed by atoms with Crippen LogP contribution in [-0.2, 0) is 13.2 Å². The maximum atomic E-state index is 13.2. The lowest BCUT2D eigenvalue weighted by Gasteiger charge is -2.14. The number of halogens is 1. The molecule has 19 heavy (non-hydrogen) atoms. The average molecular weight is 263 g/mol. The van der Waals surface area contributed by atoms with Gasteiger partial charge in [-0.1, -0.05) is 0 Å². The molecule has 1 heterocycles. The third kappa shape index (κ3) is 3.12. The summed E-state index contributed by atoms with van der Waals surface area (Å²) < 4.78 is 20.9. The number of ether oxygens (including phenoxy) is 1. The standard InChI is InChI=1S/C14H18FN3O/c1-3-18-9-17-7-12(18)8-19-14-5-4-11(15)6-13(14)10(2)16/h4-7,9-10H,3,8,16H2,1-2H3. The van der Waals surface area contributed by atoms with Crippen LogP contribution in [0.1, 0.15) is 31.1 Å². The van der Waals surface area contributed by atoms with Crippen LogP contribution in [0.2, 0.25) is 0 Å². The predicted octanol–water partition coefficient (Wildman–Crippen LogP) is 2.64. The van der Waals surface area contributed by atoms with Crippen LogP contribution in [0.5, 0.6) is 5.75 Å². The zero-order valence-electron chi connectivity index (χ0n) is 11.1. The molecule has 1 aromatic carbocycles. The summed E-state index contributed by atoms with van der Waals surface area (Å²) in [5, 5.41) is 0. The minimum Gasteiger partial charge on any atom is -0.487 e. The summed E-state index contributed by atoms with van der Waals surface area (Å²) in [5.41, 5.74) is 7.47. The molecule has 0 aliphatic heterocycles. The van der Waals surface area contributed by atoms with Gasteiger partial charge in [0.1, 0.15) is 18.2 Å². The summed E-state index contributed by atoms with van der Waals surface area (Å²) in [6.45, 7) is 5.07. The summed E-state index contributed by atoms with van der Waals surface area (Å²) in [6.07, 6.45) is 3.52. The molecule has 102 valence electrons. The first-order chi connectivity index (χ1) is 9.11. The topological polar surface area (TPSA) is 53.1 Å². The lowest BCUT2D eigenvalue weighted by Crippen LogP contribution is -2.10. The minimum absolute atomic E-state index is 0.276. The number of nitrogens with zero attached hydrogens (tertiary/aromatic N) is 2. The van der Waals surface area contributed by atoms with Gasteiger partial charge >= 0.3 is 0 Å². The zero-order chi connectivity index (χ0) is 13.8. The van der Waals surface area contributed by atoms with E-state index in [0.717, 1.165) is 12.2 Å². The molecule has 0 spiro atoms. The number of hydrogen-bond donors (Lipinski definition) is 1. The molecule has 0 saturated carbocycles. The Balaban J connectivity index is 2.15. The second kappa shape index (κ2) is 5.84. The molecule has 0 fully saturated rings. The quantitative estimate of drug-likeness (QED) is 0.902. The Morgan fingerprint density at radius 1 is 1.47 bits per heavy atom. The van der Waals surface area contributed by atoms with Gasteiger partial charge in [0.15, 0.2) is 0 Å². The normalized spacial score (nSPS) is 12.4. The van der Waals surface area contributed by atoms with Crippen molar-refractivity contribution in [3.05, 3.63) is 47.8 Å². The van der Waals surface area contributed by atoms with Crippen LogP contribution in [0, 0.1) is 5.82 Å². The molecule has 2 N–H and O–H groups in total. The largest absolute Gasteiger partial charge is 0.487 e. The zero-order valence-corrected chi connectivity index (χ0v) is 11.1. The number of hydrogen-bond acceptors (Lipinski definition) is 3. The molecular weight excluding hydrogens is 245 g/mol. The minimum atomic E-state index is -0.307. The molecule has 2 aromatic rings. The summed E-state index contributed by atoms with van der Waals surface area (Å²) in [6, 6.07) is 4.12. The molecule has 0 bridgehead atoms. The first-order valence-corrected chi connectivity index (χ1v) is 6.28. The summed E-state index contributed by atoms with van der Waals surface area (Å²) in [4.78, 5) is 4.08. The molecule has 1 atom stereocenters. The molecule has 0 radical (unpaired) electrons. The van der Waals surface area contributed by atoms with Crippen LogP contribution in [0.15, 0.2) is 30.7 Å². The van der Waals surface area contributed by atoms with Crippen LogP contribution in [0.4, 0.5) is 4.39 Å².